The molecule has 24 heavy (non-hydrogen) atoms. The second kappa shape index (κ2) is 10.4. The summed E-state index contributed by atoms with van der Waals surface area (Å²) in [4.78, 5) is 12.1. The lowest BCUT2D eigenvalue weighted by Crippen LogP contribution is -2.31. The molecule has 130 valence electrons. The summed E-state index contributed by atoms with van der Waals surface area (Å²) in [5.41, 5.74) is 8.64. The van der Waals surface area contributed by atoms with Crippen LogP contribution in [0.3, 0.4) is 0 Å². The van der Waals surface area contributed by atoms with Crippen molar-refractivity contribution >= 4 is 39.9 Å². The highest BCUT2D eigenvalue weighted by atomic mass is 79.9. The lowest BCUT2D eigenvalue weighted by molar-refractivity contribution is -0.120. The molecule has 2 aromatic rings. The minimum absolute atomic E-state index is 0. The fourth-order valence-electron chi connectivity index (χ4n) is 2.50. The first kappa shape index (κ1) is 20.5. The van der Waals surface area contributed by atoms with Crippen molar-refractivity contribution in [2.75, 3.05) is 12.3 Å². The SMILES string of the molecule is CCC(CNC(=O)Cc1ccc(N)cc1)Cc1cccc(Br)c1.Cl. The van der Waals surface area contributed by atoms with E-state index in [9.17, 15) is 4.79 Å². The van der Waals surface area contributed by atoms with Crippen molar-refractivity contribution in [2.45, 2.75) is 26.2 Å². The molecule has 2 aromatic carbocycles. The molecular formula is C19H24BrClN2O. The molecule has 2 rings (SSSR count). The normalized spacial score (nSPS) is 11.4. The number of nitrogen functional groups attached to an aromatic ring is 1. The average Bonchev–Trinajstić information content (AvgIpc) is 2.53. The Morgan fingerprint density at radius 2 is 1.88 bits per heavy atom. The van der Waals surface area contributed by atoms with Gasteiger partial charge in [-0.1, -0.05) is 53.5 Å². The van der Waals surface area contributed by atoms with Crippen LogP contribution in [0.15, 0.2) is 53.0 Å². The standard InChI is InChI=1S/C19H23BrN2O.ClH/c1-2-14(10-16-4-3-5-17(20)11-16)13-22-19(23)12-15-6-8-18(21)9-7-15;/h3-9,11,14H,2,10,12-13,21H2,1H3,(H,22,23);1H. The molecule has 1 unspecified atom stereocenters. The summed E-state index contributed by atoms with van der Waals surface area (Å²) >= 11 is 3.50. The first-order chi connectivity index (χ1) is 11.1. The molecule has 0 aliphatic heterocycles. The second-order valence-corrected chi connectivity index (χ2v) is 6.75. The zero-order chi connectivity index (χ0) is 16.7. The Bertz CT molecular complexity index is 646. The highest BCUT2D eigenvalue weighted by molar-refractivity contribution is 9.10. The molecule has 3 nitrogen and oxygen atoms in total. The van der Waals surface area contributed by atoms with Gasteiger partial charge in [-0.15, -0.1) is 12.4 Å². The molecule has 0 saturated heterocycles. The van der Waals surface area contributed by atoms with Crippen LogP contribution >= 0.6 is 28.3 Å². The van der Waals surface area contributed by atoms with Crippen molar-refractivity contribution in [3.05, 3.63) is 64.1 Å². The smallest absolute Gasteiger partial charge is 0.224 e. The first-order valence-electron chi connectivity index (χ1n) is 7.92. The number of benzene rings is 2. The summed E-state index contributed by atoms with van der Waals surface area (Å²) in [6.07, 6.45) is 2.40. The maximum atomic E-state index is 12.1. The minimum atomic E-state index is 0. The minimum Gasteiger partial charge on any atom is -0.399 e. The van der Waals surface area contributed by atoms with Gasteiger partial charge < -0.3 is 11.1 Å². The number of hydrogen-bond donors (Lipinski definition) is 2. The maximum absolute atomic E-state index is 12.1. The van der Waals surface area contributed by atoms with Crippen molar-refractivity contribution in [3.63, 3.8) is 0 Å². The summed E-state index contributed by atoms with van der Waals surface area (Å²) in [6.45, 7) is 2.87. The van der Waals surface area contributed by atoms with Gasteiger partial charge in [0.25, 0.3) is 0 Å². The molecule has 1 amide bonds. The molecule has 0 saturated carbocycles. The van der Waals surface area contributed by atoms with E-state index >= 15 is 0 Å². The zero-order valence-corrected chi connectivity index (χ0v) is 16.2. The summed E-state index contributed by atoms with van der Waals surface area (Å²) < 4.78 is 1.09. The topological polar surface area (TPSA) is 55.1 Å². The number of amides is 1. The first-order valence-corrected chi connectivity index (χ1v) is 8.71. The van der Waals surface area contributed by atoms with Gasteiger partial charge in [-0.3, -0.25) is 4.79 Å². The fourth-order valence-corrected chi connectivity index (χ4v) is 2.95. The van der Waals surface area contributed by atoms with Crippen molar-refractivity contribution < 1.29 is 4.79 Å². The Hall–Kier alpha value is -1.52. The van der Waals surface area contributed by atoms with Crippen LogP contribution in [0.5, 0.6) is 0 Å². The zero-order valence-electron chi connectivity index (χ0n) is 13.8. The summed E-state index contributed by atoms with van der Waals surface area (Å²) in [7, 11) is 0. The number of carbonyl (C=O) groups is 1. The number of nitrogens with one attached hydrogen (secondary N) is 1. The highest BCUT2D eigenvalue weighted by Crippen LogP contribution is 2.16. The van der Waals surface area contributed by atoms with E-state index in [1.54, 1.807) is 0 Å². The van der Waals surface area contributed by atoms with Crippen LogP contribution in [0, 0.1) is 5.92 Å². The third kappa shape index (κ3) is 6.93. The molecule has 5 heteroatoms. The van der Waals surface area contributed by atoms with Gasteiger partial charge in [0.2, 0.25) is 5.91 Å². The molecule has 1 atom stereocenters. The molecule has 0 heterocycles. The second-order valence-electron chi connectivity index (χ2n) is 5.83. The number of hydrogen-bond acceptors (Lipinski definition) is 2. The van der Waals surface area contributed by atoms with Crippen LogP contribution in [-0.2, 0) is 17.6 Å². The van der Waals surface area contributed by atoms with E-state index in [4.69, 9.17) is 5.73 Å². The van der Waals surface area contributed by atoms with E-state index in [2.05, 4.69) is 40.3 Å². The van der Waals surface area contributed by atoms with E-state index in [0.717, 1.165) is 22.9 Å². The monoisotopic (exact) mass is 410 g/mol. The molecule has 0 fully saturated rings. The highest BCUT2D eigenvalue weighted by Gasteiger charge is 2.10. The Labute approximate surface area is 158 Å². The van der Waals surface area contributed by atoms with E-state index in [0.29, 0.717) is 24.6 Å². The number of rotatable bonds is 7. The van der Waals surface area contributed by atoms with Crippen molar-refractivity contribution in [3.8, 4) is 0 Å². The summed E-state index contributed by atoms with van der Waals surface area (Å²) in [5.74, 6) is 0.502. The van der Waals surface area contributed by atoms with Gasteiger partial charge >= 0.3 is 0 Å². The summed E-state index contributed by atoms with van der Waals surface area (Å²) in [6, 6.07) is 15.8. The lowest BCUT2D eigenvalue weighted by Gasteiger charge is -2.16. The Morgan fingerprint density at radius 3 is 2.50 bits per heavy atom. The Balaban J connectivity index is 0.00000288. The fraction of sp³-hybridized carbons (Fsp3) is 0.316. The van der Waals surface area contributed by atoms with Crippen molar-refractivity contribution in [1.82, 2.24) is 5.32 Å². The average molecular weight is 412 g/mol. The van der Waals surface area contributed by atoms with Crippen LogP contribution in [0.4, 0.5) is 5.69 Å². The van der Waals surface area contributed by atoms with Crippen LogP contribution in [0.1, 0.15) is 24.5 Å². The predicted molar refractivity (Wildman–Crippen MR) is 106 cm³/mol. The third-order valence-electron chi connectivity index (χ3n) is 3.92. The molecule has 0 aliphatic carbocycles. The van der Waals surface area contributed by atoms with Gasteiger partial charge in [0, 0.05) is 16.7 Å². The van der Waals surface area contributed by atoms with E-state index in [-0.39, 0.29) is 18.3 Å². The van der Waals surface area contributed by atoms with Crippen LogP contribution in [0.2, 0.25) is 0 Å². The Morgan fingerprint density at radius 1 is 1.17 bits per heavy atom. The molecule has 0 spiro atoms. The van der Waals surface area contributed by atoms with E-state index in [1.165, 1.54) is 5.56 Å². The number of nitrogens with two attached hydrogens (primary N) is 1. The lowest BCUT2D eigenvalue weighted by atomic mass is 9.97. The van der Waals surface area contributed by atoms with Gasteiger partial charge in [0.1, 0.15) is 0 Å². The largest absolute Gasteiger partial charge is 0.399 e. The third-order valence-corrected chi connectivity index (χ3v) is 4.42. The molecule has 0 aliphatic rings. The predicted octanol–water partition coefficient (Wildman–Crippen LogP) is 4.38. The van der Waals surface area contributed by atoms with Gasteiger partial charge in [0.15, 0.2) is 0 Å². The molecule has 0 radical (unpaired) electrons. The van der Waals surface area contributed by atoms with Crippen molar-refractivity contribution in [2.24, 2.45) is 5.92 Å². The van der Waals surface area contributed by atoms with Gasteiger partial charge in [-0.25, -0.2) is 0 Å². The van der Waals surface area contributed by atoms with E-state index in [1.807, 2.05) is 36.4 Å². The number of anilines is 1. The molecule has 3 N–H and O–H groups in total. The quantitative estimate of drug-likeness (QED) is 0.664. The number of carbonyl (C=O) groups excluding carboxylic acids is 1. The molecule has 0 aromatic heterocycles. The van der Waals surface area contributed by atoms with Crippen LogP contribution < -0.4 is 11.1 Å². The van der Waals surface area contributed by atoms with Crippen LogP contribution in [-0.4, -0.2) is 12.5 Å². The van der Waals surface area contributed by atoms with Gasteiger partial charge in [-0.2, -0.15) is 0 Å². The van der Waals surface area contributed by atoms with Gasteiger partial charge in [0.05, 0.1) is 6.42 Å². The Kier molecular flexibility index (Phi) is 8.87. The molecular weight excluding hydrogens is 388 g/mol. The van der Waals surface area contributed by atoms with Gasteiger partial charge in [-0.05, 0) is 47.7 Å². The number of halogens is 2. The molecule has 0 bridgehead atoms. The van der Waals surface area contributed by atoms with Crippen molar-refractivity contribution in [1.29, 1.82) is 0 Å². The summed E-state index contributed by atoms with van der Waals surface area (Å²) in [5, 5.41) is 3.05. The maximum Gasteiger partial charge on any atom is 0.224 e. The van der Waals surface area contributed by atoms with E-state index < -0.39 is 0 Å². The van der Waals surface area contributed by atoms with Crippen LogP contribution in [0.25, 0.3) is 0 Å².